The van der Waals surface area contributed by atoms with E-state index in [4.69, 9.17) is 0 Å². The summed E-state index contributed by atoms with van der Waals surface area (Å²) in [6.45, 7) is 9.86. The van der Waals surface area contributed by atoms with Crippen molar-refractivity contribution in [2.75, 3.05) is 31.6 Å². The maximum atomic E-state index is 3.43. The molecule has 0 saturated carbocycles. The van der Waals surface area contributed by atoms with Gasteiger partial charge in [0.15, 0.2) is 0 Å². The predicted molar refractivity (Wildman–Crippen MR) is 84.8 cm³/mol. The second-order valence-corrected chi connectivity index (χ2v) is 5.71. The first kappa shape index (κ1) is 14.1. The van der Waals surface area contributed by atoms with Gasteiger partial charge in [0.05, 0.1) is 0 Å². The average molecular weight is 258 g/mol. The van der Waals surface area contributed by atoms with E-state index in [1.807, 2.05) is 0 Å². The second kappa shape index (κ2) is 6.25. The lowest BCUT2D eigenvalue weighted by Gasteiger charge is -2.14. The van der Waals surface area contributed by atoms with Gasteiger partial charge in [-0.25, -0.2) is 0 Å². The molecule has 1 aliphatic rings. The standard InChI is InChI=1S/C17H26N2/c1-5-18-12-16(13(2)3)11-14-6-7-17-15(10-14)8-9-19(17)4/h6-7,10-11,13,18H,5,8-9,12H2,1-4H3. The fraction of sp³-hybridized carbons (Fsp3) is 0.529. The Labute approximate surface area is 117 Å². The van der Waals surface area contributed by atoms with Crippen molar-refractivity contribution in [3.63, 3.8) is 0 Å². The lowest BCUT2D eigenvalue weighted by molar-refractivity contribution is 0.682. The van der Waals surface area contributed by atoms with E-state index in [-0.39, 0.29) is 0 Å². The van der Waals surface area contributed by atoms with Crippen LogP contribution in [-0.4, -0.2) is 26.7 Å². The van der Waals surface area contributed by atoms with Gasteiger partial charge in [-0.3, -0.25) is 0 Å². The molecule has 0 spiro atoms. The van der Waals surface area contributed by atoms with Gasteiger partial charge in [-0.15, -0.1) is 0 Å². The molecule has 19 heavy (non-hydrogen) atoms. The highest BCUT2D eigenvalue weighted by Crippen LogP contribution is 2.28. The van der Waals surface area contributed by atoms with E-state index < -0.39 is 0 Å². The summed E-state index contributed by atoms with van der Waals surface area (Å²) < 4.78 is 0. The Kier molecular flexibility index (Phi) is 4.65. The predicted octanol–water partition coefficient (Wildman–Crippen LogP) is 3.33. The molecule has 0 bridgehead atoms. The number of nitrogens with one attached hydrogen (secondary N) is 1. The highest BCUT2D eigenvalue weighted by molar-refractivity contribution is 5.64. The molecule has 0 radical (unpaired) electrons. The lowest BCUT2D eigenvalue weighted by Crippen LogP contribution is -2.18. The van der Waals surface area contributed by atoms with Crippen LogP contribution in [0.5, 0.6) is 0 Å². The van der Waals surface area contributed by atoms with Gasteiger partial charge in [-0.1, -0.05) is 38.5 Å². The number of fused-ring (bicyclic) bond motifs is 1. The van der Waals surface area contributed by atoms with Crippen molar-refractivity contribution in [1.29, 1.82) is 0 Å². The minimum Gasteiger partial charge on any atom is -0.374 e. The Morgan fingerprint density at radius 2 is 2.21 bits per heavy atom. The van der Waals surface area contributed by atoms with Crippen LogP contribution in [0.2, 0.25) is 0 Å². The van der Waals surface area contributed by atoms with Gasteiger partial charge in [0.1, 0.15) is 0 Å². The van der Waals surface area contributed by atoms with Crippen LogP contribution in [-0.2, 0) is 6.42 Å². The molecular formula is C17H26N2. The molecule has 1 aromatic carbocycles. The molecule has 104 valence electrons. The van der Waals surface area contributed by atoms with Crippen molar-refractivity contribution >= 4 is 11.8 Å². The molecule has 0 amide bonds. The summed E-state index contributed by atoms with van der Waals surface area (Å²) in [5.74, 6) is 0.593. The monoisotopic (exact) mass is 258 g/mol. The smallest absolute Gasteiger partial charge is 0.0397 e. The topological polar surface area (TPSA) is 15.3 Å². The van der Waals surface area contributed by atoms with Gasteiger partial charge >= 0.3 is 0 Å². The summed E-state index contributed by atoms with van der Waals surface area (Å²) >= 11 is 0. The molecule has 2 rings (SSSR count). The minimum atomic E-state index is 0.593. The molecule has 2 heteroatoms. The van der Waals surface area contributed by atoms with Crippen LogP contribution < -0.4 is 10.2 Å². The number of nitrogens with zero attached hydrogens (tertiary/aromatic N) is 1. The first-order chi connectivity index (χ1) is 9.11. The largest absolute Gasteiger partial charge is 0.374 e. The van der Waals surface area contributed by atoms with Crippen LogP contribution in [0.1, 0.15) is 31.9 Å². The van der Waals surface area contributed by atoms with E-state index in [0.717, 1.165) is 19.6 Å². The van der Waals surface area contributed by atoms with Crippen LogP contribution in [0.15, 0.2) is 23.8 Å². The molecular weight excluding hydrogens is 232 g/mol. The average Bonchev–Trinajstić information content (AvgIpc) is 2.75. The van der Waals surface area contributed by atoms with Crippen molar-refractivity contribution in [3.05, 3.63) is 34.9 Å². The first-order valence-electron chi connectivity index (χ1n) is 7.37. The van der Waals surface area contributed by atoms with Gasteiger partial charge in [0.25, 0.3) is 0 Å². The highest BCUT2D eigenvalue weighted by atomic mass is 15.1. The molecule has 1 aliphatic heterocycles. The van der Waals surface area contributed by atoms with Crippen LogP contribution in [0.3, 0.4) is 0 Å². The molecule has 0 unspecified atom stereocenters. The molecule has 0 aromatic heterocycles. The molecule has 1 heterocycles. The zero-order valence-corrected chi connectivity index (χ0v) is 12.7. The van der Waals surface area contributed by atoms with Gasteiger partial charge in [-0.05, 0) is 42.1 Å². The summed E-state index contributed by atoms with van der Waals surface area (Å²) in [5, 5.41) is 3.43. The molecule has 2 nitrogen and oxygen atoms in total. The number of hydrogen-bond acceptors (Lipinski definition) is 2. The number of anilines is 1. The van der Waals surface area contributed by atoms with E-state index >= 15 is 0 Å². The van der Waals surface area contributed by atoms with Crippen molar-refractivity contribution in [3.8, 4) is 0 Å². The summed E-state index contributed by atoms with van der Waals surface area (Å²) in [6, 6.07) is 6.86. The van der Waals surface area contributed by atoms with E-state index in [9.17, 15) is 0 Å². The molecule has 1 aromatic rings. The highest BCUT2D eigenvalue weighted by Gasteiger charge is 2.15. The van der Waals surface area contributed by atoms with Crippen LogP contribution in [0, 0.1) is 5.92 Å². The second-order valence-electron chi connectivity index (χ2n) is 5.71. The van der Waals surface area contributed by atoms with Gasteiger partial charge in [-0.2, -0.15) is 0 Å². The summed E-state index contributed by atoms with van der Waals surface area (Å²) in [7, 11) is 2.17. The zero-order chi connectivity index (χ0) is 13.8. The molecule has 0 saturated heterocycles. The number of benzene rings is 1. The lowest BCUT2D eigenvalue weighted by atomic mass is 9.99. The summed E-state index contributed by atoms with van der Waals surface area (Å²) in [5.41, 5.74) is 5.71. The summed E-state index contributed by atoms with van der Waals surface area (Å²) in [4.78, 5) is 2.34. The van der Waals surface area contributed by atoms with Crippen molar-refractivity contribution in [1.82, 2.24) is 5.32 Å². The van der Waals surface area contributed by atoms with E-state index in [2.05, 4.69) is 62.3 Å². The first-order valence-corrected chi connectivity index (χ1v) is 7.37. The SMILES string of the molecule is CCNCC(=Cc1ccc2c(c1)CCN2C)C(C)C. The van der Waals surface area contributed by atoms with E-state index in [1.165, 1.54) is 28.8 Å². The Morgan fingerprint density at radius 3 is 2.89 bits per heavy atom. The quantitative estimate of drug-likeness (QED) is 0.871. The normalized spacial score (nSPS) is 15.2. The fourth-order valence-corrected chi connectivity index (χ4v) is 2.58. The maximum Gasteiger partial charge on any atom is 0.0397 e. The third kappa shape index (κ3) is 3.38. The third-order valence-electron chi connectivity index (χ3n) is 3.90. The Hall–Kier alpha value is -1.28. The molecule has 0 atom stereocenters. The maximum absolute atomic E-state index is 3.43. The third-order valence-corrected chi connectivity index (χ3v) is 3.90. The van der Waals surface area contributed by atoms with Gasteiger partial charge in [0.2, 0.25) is 0 Å². The fourth-order valence-electron chi connectivity index (χ4n) is 2.58. The van der Waals surface area contributed by atoms with Crippen LogP contribution in [0.4, 0.5) is 5.69 Å². The van der Waals surface area contributed by atoms with Gasteiger partial charge in [0, 0.05) is 25.8 Å². The van der Waals surface area contributed by atoms with E-state index in [0.29, 0.717) is 5.92 Å². The molecule has 0 fully saturated rings. The van der Waals surface area contributed by atoms with Gasteiger partial charge < -0.3 is 10.2 Å². The number of likely N-dealkylation sites (N-methyl/N-ethyl adjacent to an activating group) is 2. The Morgan fingerprint density at radius 1 is 1.42 bits per heavy atom. The Bertz CT molecular complexity index is 460. The molecule has 1 N–H and O–H groups in total. The zero-order valence-electron chi connectivity index (χ0n) is 12.7. The minimum absolute atomic E-state index is 0.593. The summed E-state index contributed by atoms with van der Waals surface area (Å²) in [6.07, 6.45) is 3.53. The van der Waals surface area contributed by atoms with Crippen molar-refractivity contribution in [2.24, 2.45) is 5.92 Å². The number of rotatable bonds is 5. The van der Waals surface area contributed by atoms with Crippen LogP contribution in [0.25, 0.3) is 6.08 Å². The van der Waals surface area contributed by atoms with Crippen molar-refractivity contribution in [2.45, 2.75) is 27.2 Å². The molecule has 0 aliphatic carbocycles. The van der Waals surface area contributed by atoms with Crippen molar-refractivity contribution < 1.29 is 0 Å². The number of hydrogen-bond donors (Lipinski definition) is 1. The van der Waals surface area contributed by atoms with Crippen LogP contribution >= 0.6 is 0 Å². The Balaban J connectivity index is 2.21. The van der Waals surface area contributed by atoms with E-state index in [1.54, 1.807) is 0 Å².